The van der Waals surface area contributed by atoms with Gasteiger partial charge >= 0.3 is 0 Å². The number of hydrogen-bond donors (Lipinski definition) is 0. The molecule has 0 saturated carbocycles. The van der Waals surface area contributed by atoms with Crippen LogP contribution in [0.5, 0.6) is 0 Å². The first kappa shape index (κ1) is 16.6. The van der Waals surface area contributed by atoms with Gasteiger partial charge in [0.15, 0.2) is 0 Å². The van der Waals surface area contributed by atoms with Gasteiger partial charge in [-0.25, -0.2) is 0 Å². The molecule has 0 spiro atoms. The molecule has 0 fully saturated rings. The van der Waals surface area contributed by atoms with Crippen molar-refractivity contribution in [1.82, 2.24) is 24.3 Å². The quantitative estimate of drug-likeness (QED) is 0.402. The Morgan fingerprint density at radius 2 is 1.83 bits per heavy atom. The van der Waals surface area contributed by atoms with Crippen molar-refractivity contribution in [2.75, 3.05) is 0 Å². The largest absolute Gasteiger partial charge is 0.373 e. The fourth-order valence-corrected chi connectivity index (χ4v) is 2.97. The van der Waals surface area contributed by atoms with Gasteiger partial charge in [0.2, 0.25) is 0 Å². The third-order valence-electron chi connectivity index (χ3n) is 4.13. The average molecular weight is 495 g/mol. The number of benzene rings is 2. The molecule has 2 heterocycles. The third-order valence-corrected chi connectivity index (χ3v) is 4.13. The minimum atomic E-state index is 0. The molecule has 4 rings (SSSR count). The van der Waals surface area contributed by atoms with Crippen molar-refractivity contribution >= 4 is 11.0 Å². The summed E-state index contributed by atoms with van der Waals surface area (Å²) in [6.45, 7) is 4.19. The van der Waals surface area contributed by atoms with E-state index in [1.54, 1.807) is 12.7 Å². The summed E-state index contributed by atoms with van der Waals surface area (Å²) in [5.74, 6) is 0.773. The maximum absolute atomic E-state index is 4.41. The second-order valence-corrected chi connectivity index (χ2v) is 5.74. The maximum atomic E-state index is 4.41. The second-order valence-electron chi connectivity index (χ2n) is 5.74. The number of rotatable bonds is 2. The van der Waals surface area contributed by atoms with Gasteiger partial charge in [0.25, 0.3) is 0 Å². The minimum absolute atomic E-state index is 0. The molecular formula is C18H16IrN5-. The summed E-state index contributed by atoms with van der Waals surface area (Å²) in [6, 6.07) is 13.5. The zero-order chi connectivity index (χ0) is 16.0. The van der Waals surface area contributed by atoms with Crippen molar-refractivity contribution in [3.05, 3.63) is 60.2 Å². The van der Waals surface area contributed by atoms with Gasteiger partial charge in [-0.2, -0.15) is 5.10 Å². The fourth-order valence-electron chi connectivity index (χ4n) is 2.97. The van der Waals surface area contributed by atoms with Crippen molar-refractivity contribution in [3.63, 3.8) is 0 Å². The number of imidazole rings is 1. The van der Waals surface area contributed by atoms with Gasteiger partial charge in [-0.3, -0.25) is 4.98 Å². The van der Waals surface area contributed by atoms with E-state index in [2.05, 4.69) is 53.3 Å². The van der Waals surface area contributed by atoms with Crippen LogP contribution < -0.4 is 0 Å². The molecule has 0 aliphatic carbocycles. The van der Waals surface area contributed by atoms with Crippen LogP contribution in [0.25, 0.3) is 28.1 Å². The van der Waals surface area contributed by atoms with E-state index in [0.717, 1.165) is 28.1 Å². The van der Waals surface area contributed by atoms with E-state index in [9.17, 15) is 0 Å². The van der Waals surface area contributed by atoms with Crippen molar-refractivity contribution in [3.8, 4) is 17.1 Å². The van der Waals surface area contributed by atoms with Crippen LogP contribution in [-0.4, -0.2) is 24.3 Å². The molecule has 2 aromatic heterocycles. The predicted octanol–water partition coefficient (Wildman–Crippen LogP) is 3.24. The Labute approximate surface area is 153 Å². The molecule has 0 bridgehead atoms. The number of para-hydroxylation sites is 1. The zero-order valence-corrected chi connectivity index (χ0v) is 16.0. The van der Waals surface area contributed by atoms with Crippen LogP contribution in [0.3, 0.4) is 0 Å². The number of hydrogen-bond acceptors (Lipinski definition) is 3. The molecule has 0 saturated heterocycles. The van der Waals surface area contributed by atoms with E-state index in [4.69, 9.17) is 0 Å². The zero-order valence-electron chi connectivity index (χ0n) is 13.6. The minimum Gasteiger partial charge on any atom is -0.373 e. The topological polar surface area (TPSA) is 48.5 Å². The fraction of sp³-hybridized carbons (Fsp3) is 0.167. The van der Waals surface area contributed by atoms with Gasteiger partial charge in [0.05, 0.1) is 12.2 Å². The monoisotopic (exact) mass is 495 g/mol. The Morgan fingerprint density at radius 1 is 1.08 bits per heavy atom. The summed E-state index contributed by atoms with van der Waals surface area (Å²) >= 11 is 0. The van der Waals surface area contributed by atoms with Gasteiger partial charge in [-0.1, -0.05) is 18.2 Å². The Balaban J connectivity index is 0.00000169. The van der Waals surface area contributed by atoms with E-state index < -0.39 is 0 Å². The summed E-state index contributed by atoms with van der Waals surface area (Å²) in [5, 5.41) is 8.42. The summed E-state index contributed by atoms with van der Waals surface area (Å²) < 4.78 is 4.00. The number of nitrogens with zero attached hydrogens (tertiary/aromatic N) is 5. The van der Waals surface area contributed by atoms with E-state index >= 15 is 0 Å². The first-order valence-corrected chi connectivity index (χ1v) is 7.45. The third kappa shape index (κ3) is 2.58. The average Bonchev–Trinajstić information content (AvgIpc) is 3.14. The molecule has 4 aromatic rings. The summed E-state index contributed by atoms with van der Waals surface area (Å²) in [6.07, 6.45) is 3.56. The molecule has 123 valence electrons. The van der Waals surface area contributed by atoms with Crippen LogP contribution in [0.2, 0.25) is 0 Å². The summed E-state index contributed by atoms with van der Waals surface area (Å²) in [4.78, 5) is 4.41. The molecule has 0 N–H and O–H groups in total. The normalized spacial score (nSPS) is 10.8. The molecule has 5 nitrogen and oxygen atoms in total. The Hall–Kier alpha value is -2.30. The molecule has 2 aromatic carbocycles. The first-order valence-electron chi connectivity index (χ1n) is 7.45. The molecule has 0 atom stereocenters. The molecule has 0 aliphatic heterocycles. The maximum Gasteiger partial charge on any atom is 0.114 e. The van der Waals surface area contributed by atoms with Gasteiger partial charge in [0.1, 0.15) is 6.33 Å². The van der Waals surface area contributed by atoms with E-state index in [1.165, 1.54) is 11.1 Å². The van der Waals surface area contributed by atoms with Gasteiger partial charge in [-0.15, -0.1) is 28.9 Å². The van der Waals surface area contributed by atoms with Crippen molar-refractivity contribution in [1.29, 1.82) is 0 Å². The van der Waals surface area contributed by atoms with Crippen LogP contribution >= 0.6 is 0 Å². The summed E-state index contributed by atoms with van der Waals surface area (Å²) in [7, 11) is 1.97. The van der Waals surface area contributed by atoms with E-state index in [0.29, 0.717) is 0 Å². The molecule has 0 amide bonds. The predicted molar refractivity (Wildman–Crippen MR) is 89.4 cm³/mol. The second kappa shape index (κ2) is 6.30. The van der Waals surface area contributed by atoms with Gasteiger partial charge in [-0.05, 0) is 30.5 Å². The van der Waals surface area contributed by atoms with E-state index in [-0.39, 0.29) is 20.1 Å². The molecule has 0 aliphatic rings. The van der Waals surface area contributed by atoms with Crippen molar-refractivity contribution in [2.45, 2.75) is 13.8 Å². The standard InChI is InChI=1S/C18H16N5.Ir/c1-12-5-4-6-13(2)17(12)23-11-20-21-18(23)14-7-8-16-15(9-14)19-10-22(16)3;/h4-6,8-11H,1-3H3;/q-1;. The Kier molecular flexibility index (Phi) is 4.35. The van der Waals surface area contributed by atoms with Crippen molar-refractivity contribution < 1.29 is 20.1 Å². The van der Waals surface area contributed by atoms with Gasteiger partial charge in [0, 0.05) is 38.4 Å². The van der Waals surface area contributed by atoms with E-state index in [1.807, 2.05) is 28.3 Å². The van der Waals surface area contributed by atoms with Crippen molar-refractivity contribution in [2.24, 2.45) is 7.05 Å². The van der Waals surface area contributed by atoms with Gasteiger partial charge < -0.3 is 9.13 Å². The van der Waals surface area contributed by atoms with Crippen LogP contribution in [0, 0.1) is 19.9 Å². The number of fused-ring (bicyclic) bond motifs is 1. The SMILES string of the molecule is Cc1cccc(C)c1-n1cnnc1-c1[c-]cc2c(c1)ncn2C.[Ir]. The van der Waals surface area contributed by atoms with Crippen LogP contribution in [0.4, 0.5) is 0 Å². The molecule has 0 unspecified atom stereocenters. The van der Waals surface area contributed by atoms with Crippen LogP contribution in [0.15, 0.2) is 43.0 Å². The Morgan fingerprint density at radius 3 is 2.58 bits per heavy atom. The molecule has 24 heavy (non-hydrogen) atoms. The van der Waals surface area contributed by atoms with Crippen LogP contribution in [-0.2, 0) is 27.2 Å². The Bertz CT molecular complexity index is 995. The molecule has 1 radical (unpaired) electrons. The first-order chi connectivity index (χ1) is 11.1. The smallest absolute Gasteiger partial charge is 0.114 e. The molecular weight excluding hydrogens is 478 g/mol. The summed E-state index contributed by atoms with van der Waals surface area (Å²) in [5.41, 5.74) is 6.34. The molecule has 6 heteroatoms. The number of aromatic nitrogens is 5. The van der Waals surface area contributed by atoms with Crippen LogP contribution in [0.1, 0.15) is 11.1 Å². The number of aryl methyl sites for hydroxylation is 3.